The number of anilines is 1. The fourth-order valence-electron chi connectivity index (χ4n) is 2.35. The van der Waals surface area contributed by atoms with Crippen molar-refractivity contribution in [1.29, 1.82) is 0 Å². The molecule has 0 saturated heterocycles. The van der Waals surface area contributed by atoms with Gasteiger partial charge in [0.2, 0.25) is 10.0 Å². The minimum Gasteiger partial charge on any atom is -0.469 e. The van der Waals surface area contributed by atoms with Crippen molar-refractivity contribution in [3.8, 4) is 0 Å². The molecule has 23 heavy (non-hydrogen) atoms. The molecule has 0 aliphatic carbocycles. The number of hydrogen-bond donors (Lipinski definition) is 2. The number of sulfonamides is 1. The predicted molar refractivity (Wildman–Crippen MR) is 92.7 cm³/mol. The zero-order valence-electron chi connectivity index (χ0n) is 12.9. The Labute approximate surface area is 141 Å². The van der Waals surface area contributed by atoms with Crippen LogP contribution in [0.1, 0.15) is 18.4 Å². The number of esters is 1. The molecule has 0 radical (unpaired) electrons. The lowest BCUT2D eigenvalue weighted by Crippen LogP contribution is -2.36. The molecule has 0 bridgehead atoms. The van der Waals surface area contributed by atoms with Gasteiger partial charge in [0.25, 0.3) is 0 Å². The van der Waals surface area contributed by atoms with E-state index in [-0.39, 0.29) is 12.2 Å². The molecule has 1 aromatic rings. The molecule has 1 aliphatic rings. The number of ether oxygens (including phenoxy) is 1. The van der Waals surface area contributed by atoms with Crippen LogP contribution in [-0.2, 0) is 19.6 Å². The van der Waals surface area contributed by atoms with Gasteiger partial charge >= 0.3 is 5.97 Å². The second-order valence-corrected chi connectivity index (χ2v) is 7.82. The summed E-state index contributed by atoms with van der Waals surface area (Å²) in [7, 11) is -2.21. The van der Waals surface area contributed by atoms with E-state index in [1.54, 1.807) is 6.07 Å². The van der Waals surface area contributed by atoms with Crippen LogP contribution in [0.4, 0.5) is 5.69 Å². The third-order valence-electron chi connectivity index (χ3n) is 3.76. The van der Waals surface area contributed by atoms with E-state index in [4.69, 9.17) is 5.73 Å². The van der Waals surface area contributed by atoms with Crippen LogP contribution in [0.25, 0.3) is 5.57 Å². The number of nitrogens with two attached hydrogens (primary N) is 1. The Balaban J connectivity index is 2.05. The van der Waals surface area contributed by atoms with Crippen LogP contribution in [0.2, 0.25) is 0 Å². The molecular weight excluding hydrogens is 336 g/mol. The van der Waals surface area contributed by atoms with E-state index < -0.39 is 16.0 Å². The van der Waals surface area contributed by atoms with Crippen LogP contribution >= 0.6 is 12.6 Å². The van der Waals surface area contributed by atoms with Crippen LogP contribution < -0.4 is 5.73 Å². The maximum atomic E-state index is 12.2. The van der Waals surface area contributed by atoms with Crippen molar-refractivity contribution in [2.45, 2.75) is 17.7 Å². The highest BCUT2D eigenvalue weighted by atomic mass is 32.2. The summed E-state index contributed by atoms with van der Waals surface area (Å²) in [5.41, 5.74) is 8.42. The molecule has 0 atom stereocenters. The number of benzene rings is 1. The first kappa shape index (κ1) is 17.8. The van der Waals surface area contributed by atoms with E-state index in [1.165, 1.54) is 11.4 Å². The van der Waals surface area contributed by atoms with Gasteiger partial charge < -0.3 is 10.5 Å². The van der Waals surface area contributed by atoms with Crippen LogP contribution in [0.3, 0.4) is 0 Å². The van der Waals surface area contributed by atoms with E-state index in [0.717, 1.165) is 11.1 Å². The normalized spacial score (nSPS) is 16.0. The molecule has 6 nitrogen and oxygen atoms in total. The van der Waals surface area contributed by atoms with Gasteiger partial charge in [-0.1, -0.05) is 12.1 Å². The number of nitrogens with zero attached hydrogens (tertiary/aromatic N) is 1. The van der Waals surface area contributed by atoms with Gasteiger partial charge in [0, 0.05) is 23.7 Å². The number of carbonyl (C=O) groups excluding carboxylic acids is 1. The summed E-state index contributed by atoms with van der Waals surface area (Å²) in [6.07, 6.45) is 2.36. The second kappa shape index (κ2) is 7.37. The lowest BCUT2D eigenvalue weighted by molar-refractivity contribution is -0.140. The highest BCUT2D eigenvalue weighted by molar-refractivity contribution is 7.89. The molecule has 1 aromatic carbocycles. The standard InChI is InChI=1S/C15H20N2O4S2/c1-21-15(18)6-9-23(19,20)17-7-4-11(5-8-17)12-2-3-13(16)14(22)10-12/h2-4,10,22H,5-9,16H2,1H3. The number of thiol groups is 1. The van der Waals surface area contributed by atoms with E-state index in [9.17, 15) is 13.2 Å². The van der Waals surface area contributed by atoms with Crippen LogP contribution in [0.5, 0.6) is 0 Å². The van der Waals surface area contributed by atoms with E-state index in [2.05, 4.69) is 17.4 Å². The van der Waals surface area contributed by atoms with Gasteiger partial charge in [0.05, 0.1) is 19.3 Å². The van der Waals surface area contributed by atoms with Crippen molar-refractivity contribution >= 4 is 39.9 Å². The molecule has 0 amide bonds. The van der Waals surface area contributed by atoms with Crippen LogP contribution in [0.15, 0.2) is 29.2 Å². The Kier molecular flexibility index (Phi) is 5.72. The number of methoxy groups -OCH3 is 1. The monoisotopic (exact) mass is 356 g/mol. The van der Waals surface area contributed by atoms with Crippen LogP contribution in [-0.4, -0.2) is 44.6 Å². The zero-order valence-corrected chi connectivity index (χ0v) is 14.6. The molecule has 8 heteroatoms. The van der Waals surface area contributed by atoms with Crippen molar-refractivity contribution in [1.82, 2.24) is 4.31 Å². The fraction of sp³-hybridized carbons (Fsp3) is 0.400. The number of hydrogen-bond acceptors (Lipinski definition) is 6. The molecule has 0 spiro atoms. The van der Waals surface area contributed by atoms with Gasteiger partial charge in [-0.25, -0.2) is 8.42 Å². The van der Waals surface area contributed by atoms with Gasteiger partial charge in [-0.2, -0.15) is 4.31 Å². The van der Waals surface area contributed by atoms with Gasteiger partial charge in [0.1, 0.15) is 0 Å². The average molecular weight is 356 g/mol. The van der Waals surface area contributed by atoms with Crippen molar-refractivity contribution in [2.75, 3.05) is 31.7 Å². The Morgan fingerprint density at radius 3 is 2.74 bits per heavy atom. The smallest absolute Gasteiger partial charge is 0.306 e. The average Bonchev–Trinajstić information content (AvgIpc) is 2.55. The molecular formula is C15H20N2O4S2. The van der Waals surface area contributed by atoms with E-state index >= 15 is 0 Å². The quantitative estimate of drug-likeness (QED) is 0.474. The minimum absolute atomic E-state index is 0.132. The number of carbonyl (C=O) groups is 1. The summed E-state index contributed by atoms with van der Waals surface area (Å²) >= 11 is 4.30. The van der Waals surface area contributed by atoms with Gasteiger partial charge in [-0.3, -0.25) is 4.79 Å². The zero-order chi connectivity index (χ0) is 17.0. The number of nitrogen functional groups attached to an aromatic ring is 1. The minimum atomic E-state index is -3.46. The maximum absolute atomic E-state index is 12.2. The van der Waals surface area contributed by atoms with Crippen molar-refractivity contribution in [3.05, 3.63) is 29.8 Å². The van der Waals surface area contributed by atoms with Gasteiger partial charge in [-0.15, -0.1) is 12.6 Å². The molecule has 0 fully saturated rings. The topological polar surface area (TPSA) is 89.7 Å². The molecule has 0 saturated carbocycles. The molecule has 126 valence electrons. The second-order valence-electron chi connectivity index (χ2n) is 5.25. The van der Waals surface area contributed by atoms with E-state index in [1.807, 2.05) is 18.2 Å². The molecule has 2 rings (SSSR count). The largest absolute Gasteiger partial charge is 0.469 e. The Morgan fingerprint density at radius 2 is 2.17 bits per heavy atom. The van der Waals surface area contributed by atoms with Crippen LogP contribution in [0, 0.1) is 0 Å². The maximum Gasteiger partial charge on any atom is 0.306 e. The first-order valence-electron chi connectivity index (χ1n) is 7.16. The Hall–Kier alpha value is -1.51. The van der Waals surface area contributed by atoms with Gasteiger partial charge in [0.15, 0.2) is 0 Å². The predicted octanol–water partition coefficient (Wildman–Crippen LogP) is 1.54. The molecule has 1 aliphatic heterocycles. The highest BCUT2D eigenvalue weighted by Gasteiger charge is 2.25. The highest BCUT2D eigenvalue weighted by Crippen LogP contribution is 2.27. The SMILES string of the molecule is COC(=O)CCS(=O)(=O)N1CC=C(c2ccc(N)c(S)c2)CC1. The summed E-state index contributed by atoms with van der Waals surface area (Å²) in [5.74, 6) is -0.754. The van der Waals surface area contributed by atoms with Crippen molar-refractivity contribution in [2.24, 2.45) is 0 Å². The Bertz CT molecular complexity index is 729. The third kappa shape index (κ3) is 4.49. The molecule has 2 N–H and O–H groups in total. The summed E-state index contributed by atoms with van der Waals surface area (Å²) in [6.45, 7) is 0.687. The first-order valence-corrected chi connectivity index (χ1v) is 9.21. The molecule has 0 aromatic heterocycles. The third-order valence-corrected chi connectivity index (χ3v) is 5.98. The van der Waals surface area contributed by atoms with Gasteiger partial charge in [-0.05, 0) is 29.7 Å². The lowest BCUT2D eigenvalue weighted by atomic mass is 10.00. The fourth-order valence-corrected chi connectivity index (χ4v) is 3.92. The van der Waals surface area contributed by atoms with Crippen molar-refractivity contribution in [3.63, 3.8) is 0 Å². The van der Waals surface area contributed by atoms with E-state index in [0.29, 0.717) is 30.1 Å². The molecule has 1 heterocycles. The number of rotatable bonds is 5. The summed E-state index contributed by atoms with van der Waals surface area (Å²) in [6, 6.07) is 5.58. The first-order chi connectivity index (χ1) is 10.8. The lowest BCUT2D eigenvalue weighted by Gasteiger charge is -2.26. The summed E-state index contributed by atoms with van der Waals surface area (Å²) in [4.78, 5) is 11.8. The summed E-state index contributed by atoms with van der Waals surface area (Å²) in [5, 5.41) is 0. The summed E-state index contributed by atoms with van der Waals surface area (Å²) < 4.78 is 30.3. The van der Waals surface area contributed by atoms with Crippen molar-refractivity contribution < 1.29 is 17.9 Å². The Morgan fingerprint density at radius 1 is 1.43 bits per heavy atom. The molecule has 0 unspecified atom stereocenters.